The van der Waals surface area contributed by atoms with Crippen LogP contribution in [0.2, 0.25) is 0 Å². The fraction of sp³-hybridized carbons (Fsp3) is 0.500. The van der Waals surface area contributed by atoms with Crippen LogP contribution in [-0.4, -0.2) is 42.1 Å². The lowest BCUT2D eigenvalue weighted by Gasteiger charge is -2.10. The Bertz CT molecular complexity index is 285. The Morgan fingerprint density at radius 2 is 2.21 bits per heavy atom. The van der Waals surface area contributed by atoms with E-state index in [0.717, 1.165) is 12.6 Å². The molecule has 78 valence electrons. The van der Waals surface area contributed by atoms with E-state index in [1.807, 2.05) is 19.0 Å². The van der Waals surface area contributed by atoms with Crippen molar-refractivity contribution in [1.82, 2.24) is 14.9 Å². The lowest BCUT2D eigenvalue weighted by Crippen LogP contribution is -2.19. The van der Waals surface area contributed by atoms with Gasteiger partial charge in [-0.15, -0.1) is 0 Å². The molecule has 0 aliphatic carbocycles. The molecule has 1 aromatic rings. The number of anilines is 1. The zero-order valence-electron chi connectivity index (χ0n) is 8.20. The van der Waals surface area contributed by atoms with Crippen LogP contribution >= 0.6 is 0 Å². The van der Waals surface area contributed by atoms with Crippen LogP contribution in [0.15, 0.2) is 6.07 Å². The van der Waals surface area contributed by atoms with Gasteiger partial charge in [0.15, 0.2) is 0 Å². The van der Waals surface area contributed by atoms with Crippen LogP contribution in [0.1, 0.15) is 0 Å². The van der Waals surface area contributed by atoms with Gasteiger partial charge in [-0.05, 0) is 14.1 Å². The molecule has 0 saturated carbocycles. The van der Waals surface area contributed by atoms with Crippen LogP contribution in [0.5, 0.6) is 5.88 Å². The third-order valence-corrected chi connectivity index (χ3v) is 1.48. The molecule has 5 nitrogen and oxygen atoms in total. The first-order chi connectivity index (χ1) is 6.58. The van der Waals surface area contributed by atoms with Gasteiger partial charge in [-0.25, -0.2) is 0 Å². The molecule has 0 unspecified atom stereocenters. The first-order valence-electron chi connectivity index (χ1n) is 4.15. The van der Waals surface area contributed by atoms with Gasteiger partial charge in [0, 0.05) is 6.54 Å². The maximum atomic E-state index is 12.7. The van der Waals surface area contributed by atoms with E-state index in [4.69, 9.17) is 10.5 Å². The summed E-state index contributed by atoms with van der Waals surface area (Å²) in [6.07, 6.45) is 0. The van der Waals surface area contributed by atoms with E-state index in [-0.39, 0.29) is 11.8 Å². The molecule has 0 spiro atoms. The number of aromatic nitrogens is 2. The normalized spacial score (nSPS) is 10.6. The van der Waals surface area contributed by atoms with E-state index in [0.29, 0.717) is 6.61 Å². The monoisotopic (exact) mass is 200 g/mol. The highest BCUT2D eigenvalue weighted by Crippen LogP contribution is 2.08. The van der Waals surface area contributed by atoms with Crippen molar-refractivity contribution in [1.29, 1.82) is 0 Å². The quantitative estimate of drug-likeness (QED) is 0.700. The first kappa shape index (κ1) is 10.6. The Kier molecular flexibility index (Phi) is 3.58. The van der Waals surface area contributed by atoms with Crippen molar-refractivity contribution < 1.29 is 9.13 Å². The number of ether oxygens (including phenoxy) is 1. The molecule has 0 amide bonds. The molecule has 2 N–H and O–H groups in total. The number of hydrogen-bond donors (Lipinski definition) is 1. The van der Waals surface area contributed by atoms with Crippen molar-refractivity contribution in [2.45, 2.75) is 0 Å². The highest BCUT2D eigenvalue weighted by Gasteiger charge is 2.02. The number of halogens is 1. The lowest BCUT2D eigenvalue weighted by atomic mass is 10.6. The van der Waals surface area contributed by atoms with Crippen LogP contribution < -0.4 is 10.5 Å². The molecule has 0 aliphatic heterocycles. The third kappa shape index (κ3) is 3.53. The molecule has 1 rings (SSSR count). The van der Waals surface area contributed by atoms with Gasteiger partial charge in [0.05, 0.1) is 6.07 Å². The standard InChI is InChI=1S/C8H13FN4O/c1-13(2)3-4-14-7-5-6(9)11-8(10)12-7/h5H,3-4H2,1-2H3,(H2,10,11,12). The molecular weight excluding hydrogens is 187 g/mol. The maximum absolute atomic E-state index is 12.7. The minimum absolute atomic E-state index is 0.121. The van der Waals surface area contributed by atoms with E-state index in [1.165, 1.54) is 0 Å². The van der Waals surface area contributed by atoms with Gasteiger partial charge in [0.25, 0.3) is 0 Å². The number of nitrogens with two attached hydrogens (primary N) is 1. The van der Waals surface area contributed by atoms with Crippen molar-refractivity contribution in [2.24, 2.45) is 0 Å². The van der Waals surface area contributed by atoms with Gasteiger partial charge >= 0.3 is 0 Å². The summed E-state index contributed by atoms with van der Waals surface area (Å²) >= 11 is 0. The smallest absolute Gasteiger partial charge is 0.226 e. The predicted octanol–water partition coefficient (Wildman–Crippen LogP) is 0.138. The van der Waals surface area contributed by atoms with Crippen molar-refractivity contribution in [2.75, 3.05) is 33.0 Å². The van der Waals surface area contributed by atoms with Crippen LogP contribution in [0.3, 0.4) is 0 Å². The molecule has 1 heterocycles. The summed E-state index contributed by atoms with van der Waals surface area (Å²) in [5.74, 6) is -0.640. The Labute approximate surface area is 81.7 Å². The zero-order chi connectivity index (χ0) is 10.6. The highest BCUT2D eigenvalue weighted by molar-refractivity contribution is 5.21. The van der Waals surface area contributed by atoms with Crippen molar-refractivity contribution in [3.63, 3.8) is 0 Å². The Hall–Kier alpha value is -1.43. The fourth-order valence-corrected chi connectivity index (χ4v) is 0.820. The second-order valence-corrected chi connectivity index (χ2v) is 3.04. The number of rotatable bonds is 4. The summed E-state index contributed by atoms with van der Waals surface area (Å²) in [5, 5.41) is 0. The molecule has 0 aliphatic rings. The van der Waals surface area contributed by atoms with E-state index in [9.17, 15) is 4.39 Å². The zero-order valence-corrected chi connectivity index (χ0v) is 8.20. The Morgan fingerprint density at radius 1 is 1.50 bits per heavy atom. The number of hydrogen-bond acceptors (Lipinski definition) is 5. The molecule has 0 bridgehead atoms. The highest BCUT2D eigenvalue weighted by atomic mass is 19.1. The number of nitrogen functional groups attached to an aromatic ring is 1. The van der Waals surface area contributed by atoms with Crippen molar-refractivity contribution in [3.05, 3.63) is 12.0 Å². The molecule has 14 heavy (non-hydrogen) atoms. The molecule has 6 heteroatoms. The summed E-state index contributed by atoms with van der Waals surface area (Å²) in [6, 6.07) is 1.10. The van der Waals surface area contributed by atoms with E-state index < -0.39 is 5.95 Å². The Morgan fingerprint density at radius 3 is 2.79 bits per heavy atom. The average Bonchev–Trinajstić information content (AvgIpc) is 2.01. The molecule has 0 radical (unpaired) electrons. The number of nitrogens with zero attached hydrogens (tertiary/aromatic N) is 3. The minimum atomic E-state index is -0.683. The van der Waals surface area contributed by atoms with Crippen LogP contribution in [-0.2, 0) is 0 Å². The predicted molar refractivity (Wildman–Crippen MR) is 50.5 cm³/mol. The second-order valence-electron chi connectivity index (χ2n) is 3.04. The largest absolute Gasteiger partial charge is 0.476 e. The summed E-state index contributed by atoms with van der Waals surface area (Å²) in [7, 11) is 3.83. The minimum Gasteiger partial charge on any atom is -0.476 e. The molecule has 1 aromatic heterocycles. The van der Waals surface area contributed by atoms with Crippen LogP contribution in [0.4, 0.5) is 10.3 Å². The van der Waals surface area contributed by atoms with Gasteiger partial charge in [-0.2, -0.15) is 14.4 Å². The van der Waals surface area contributed by atoms with Gasteiger partial charge in [-0.1, -0.05) is 0 Å². The fourth-order valence-electron chi connectivity index (χ4n) is 0.820. The topological polar surface area (TPSA) is 64.3 Å². The molecule has 0 aromatic carbocycles. The summed E-state index contributed by atoms with van der Waals surface area (Å²) in [6.45, 7) is 1.16. The van der Waals surface area contributed by atoms with Gasteiger partial charge in [0.2, 0.25) is 17.8 Å². The van der Waals surface area contributed by atoms with E-state index >= 15 is 0 Å². The van der Waals surface area contributed by atoms with Gasteiger partial charge < -0.3 is 15.4 Å². The summed E-state index contributed by atoms with van der Waals surface area (Å²) < 4.78 is 17.9. The Balaban J connectivity index is 2.50. The van der Waals surface area contributed by atoms with Gasteiger partial charge in [0.1, 0.15) is 6.61 Å². The van der Waals surface area contributed by atoms with E-state index in [2.05, 4.69) is 9.97 Å². The van der Waals surface area contributed by atoms with Crippen molar-refractivity contribution in [3.8, 4) is 5.88 Å². The van der Waals surface area contributed by atoms with Crippen LogP contribution in [0, 0.1) is 5.95 Å². The first-order valence-corrected chi connectivity index (χ1v) is 4.15. The van der Waals surface area contributed by atoms with E-state index in [1.54, 1.807) is 0 Å². The molecule has 0 atom stereocenters. The summed E-state index contributed by atoms with van der Waals surface area (Å²) in [4.78, 5) is 8.95. The van der Waals surface area contributed by atoms with Gasteiger partial charge in [-0.3, -0.25) is 0 Å². The summed E-state index contributed by atoms with van der Waals surface area (Å²) in [5.41, 5.74) is 5.24. The molecule has 0 fully saturated rings. The van der Waals surface area contributed by atoms with Crippen molar-refractivity contribution >= 4 is 5.95 Å². The third-order valence-electron chi connectivity index (χ3n) is 1.48. The lowest BCUT2D eigenvalue weighted by molar-refractivity contribution is 0.252. The SMILES string of the molecule is CN(C)CCOc1cc(F)nc(N)n1. The number of likely N-dealkylation sites (N-methyl/N-ethyl adjacent to an activating group) is 1. The second kappa shape index (κ2) is 4.71. The maximum Gasteiger partial charge on any atom is 0.226 e. The average molecular weight is 200 g/mol. The molecular formula is C8H13FN4O. The van der Waals surface area contributed by atoms with Crippen LogP contribution in [0.25, 0.3) is 0 Å². The molecule has 0 saturated heterocycles.